The molecule has 2 rings (SSSR count). The zero-order chi connectivity index (χ0) is 16.8. The van der Waals surface area contributed by atoms with E-state index in [1.807, 2.05) is 32.0 Å². The SMILES string of the molecule is COc1ccccc1C(=O)NCC(=O)Nc1ccc(C)cc1C. The quantitative estimate of drug-likeness (QED) is 0.892. The van der Waals surface area contributed by atoms with Gasteiger partial charge in [0.15, 0.2) is 0 Å². The molecule has 120 valence electrons. The van der Waals surface area contributed by atoms with Crippen LogP contribution in [0.15, 0.2) is 42.5 Å². The third-order valence-electron chi connectivity index (χ3n) is 3.42. The first-order valence-corrected chi connectivity index (χ1v) is 7.29. The summed E-state index contributed by atoms with van der Waals surface area (Å²) >= 11 is 0. The van der Waals surface area contributed by atoms with Gasteiger partial charge >= 0.3 is 0 Å². The van der Waals surface area contributed by atoms with Crippen LogP contribution in [0, 0.1) is 13.8 Å². The van der Waals surface area contributed by atoms with Crippen molar-refractivity contribution in [3.05, 3.63) is 59.2 Å². The molecule has 2 aromatic rings. The Morgan fingerprint density at radius 3 is 2.52 bits per heavy atom. The first-order valence-electron chi connectivity index (χ1n) is 7.29. The smallest absolute Gasteiger partial charge is 0.255 e. The van der Waals surface area contributed by atoms with Crippen LogP contribution in [0.25, 0.3) is 0 Å². The van der Waals surface area contributed by atoms with Gasteiger partial charge in [-0.25, -0.2) is 0 Å². The van der Waals surface area contributed by atoms with Crippen molar-refractivity contribution in [3.63, 3.8) is 0 Å². The molecule has 0 radical (unpaired) electrons. The van der Waals surface area contributed by atoms with Gasteiger partial charge in [0.25, 0.3) is 5.91 Å². The monoisotopic (exact) mass is 312 g/mol. The van der Waals surface area contributed by atoms with Gasteiger partial charge in [0.1, 0.15) is 5.75 Å². The molecule has 0 unspecified atom stereocenters. The minimum Gasteiger partial charge on any atom is -0.496 e. The maximum absolute atomic E-state index is 12.1. The van der Waals surface area contributed by atoms with E-state index >= 15 is 0 Å². The molecule has 0 fully saturated rings. The number of hydrogen-bond donors (Lipinski definition) is 2. The number of methoxy groups -OCH3 is 1. The first-order chi connectivity index (χ1) is 11.0. The van der Waals surface area contributed by atoms with Gasteiger partial charge in [-0.1, -0.05) is 29.8 Å². The Morgan fingerprint density at radius 1 is 1.09 bits per heavy atom. The number of ether oxygens (including phenoxy) is 1. The summed E-state index contributed by atoms with van der Waals surface area (Å²) in [5.41, 5.74) is 3.25. The molecule has 0 aliphatic carbocycles. The van der Waals surface area contributed by atoms with Crippen molar-refractivity contribution in [1.82, 2.24) is 5.32 Å². The van der Waals surface area contributed by atoms with Crippen molar-refractivity contribution in [2.45, 2.75) is 13.8 Å². The van der Waals surface area contributed by atoms with Crippen molar-refractivity contribution in [2.24, 2.45) is 0 Å². The first kappa shape index (κ1) is 16.5. The van der Waals surface area contributed by atoms with Crippen LogP contribution in [-0.4, -0.2) is 25.5 Å². The van der Waals surface area contributed by atoms with E-state index in [9.17, 15) is 9.59 Å². The maximum Gasteiger partial charge on any atom is 0.255 e. The van der Waals surface area contributed by atoms with E-state index in [4.69, 9.17) is 4.74 Å². The molecule has 0 saturated carbocycles. The Hall–Kier alpha value is -2.82. The van der Waals surface area contributed by atoms with Gasteiger partial charge in [-0.05, 0) is 37.6 Å². The molecular formula is C18H20N2O3. The highest BCUT2D eigenvalue weighted by atomic mass is 16.5. The van der Waals surface area contributed by atoms with Gasteiger partial charge in [-0.15, -0.1) is 0 Å². The lowest BCUT2D eigenvalue weighted by molar-refractivity contribution is -0.115. The molecule has 0 heterocycles. The number of amides is 2. The van der Waals surface area contributed by atoms with Crippen molar-refractivity contribution in [2.75, 3.05) is 19.0 Å². The second kappa shape index (κ2) is 7.45. The van der Waals surface area contributed by atoms with Gasteiger partial charge in [0.2, 0.25) is 5.91 Å². The number of rotatable bonds is 5. The van der Waals surface area contributed by atoms with E-state index < -0.39 is 0 Å². The minimum absolute atomic E-state index is 0.107. The van der Waals surface area contributed by atoms with E-state index in [1.54, 1.807) is 24.3 Å². The number of hydrogen-bond acceptors (Lipinski definition) is 3. The largest absolute Gasteiger partial charge is 0.496 e. The zero-order valence-corrected chi connectivity index (χ0v) is 13.5. The van der Waals surface area contributed by atoms with E-state index in [-0.39, 0.29) is 18.4 Å². The summed E-state index contributed by atoms with van der Waals surface area (Å²) in [6.07, 6.45) is 0. The highest BCUT2D eigenvalue weighted by molar-refractivity contribution is 6.01. The number of carbonyl (C=O) groups excluding carboxylic acids is 2. The summed E-state index contributed by atoms with van der Waals surface area (Å²) in [5, 5.41) is 5.38. The predicted molar refractivity (Wildman–Crippen MR) is 89.9 cm³/mol. The molecule has 5 nitrogen and oxygen atoms in total. The van der Waals surface area contributed by atoms with Crippen molar-refractivity contribution < 1.29 is 14.3 Å². The van der Waals surface area contributed by atoms with Gasteiger partial charge < -0.3 is 15.4 Å². The zero-order valence-electron chi connectivity index (χ0n) is 13.5. The Bertz CT molecular complexity index is 726. The number of benzene rings is 2. The molecule has 0 bridgehead atoms. The van der Waals surface area contributed by atoms with Gasteiger partial charge in [-0.3, -0.25) is 9.59 Å². The lowest BCUT2D eigenvalue weighted by Crippen LogP contribution is -2.33. The van der Waals surface area contributed by atoms with Gasteiger partial charge in [0.05, 0.1) is 19.2 Å². The Labute approximate surface area is 135 Å². The van der Waals surface area contributed by atoms with E-state index in [1.165, 1.54) is 7.11 Å². The molecule has 2 N–H and O–H groups in total. The van der Waals surface area contributed by atoms with Gasteiger partial charge in [-0.2, -0.15) is 0 Å². The topological polar surface area (TPSA) is 67.4 Å². The fourth-order valence-corrected chi connectivity index (χ4v) is 2.24. The molecule has 0 aliphatic heterocycles. The second-order valence-corrected chi connectivity index (χ2v) is 5.25. The fraction of sp³-hybridized carbons (Fsp3) is 0.222. The molecule has 0 aliphatic rings. The Morgan fingerprint density at radius 2 is 1.83 bits per heavy atom. The van der Waals surface area contributed by atoms with Crippen molar-refractivity contribution in [3.8, 4) is 5.75 Å². The summed E-state index contributed by atoms with van der Waals surface area (Å²) in [7, 11) is 1.50. The standard InChI is InChI=1S/C18H20N2O3/c1-12-8-9-15(13(2)10-12)20-17(21)11-19-18(22)14-6-4-5-7-16(14)23-3/h4-10H,11H2,1-3H3,(H,19,22)(H,20,21). The second-order valence-electron chi connectivity index (χ2n) is 5.25. The van der Waals surface area contributed by atoms with Crippen LogP contribution in [0.2, 0.25) is 0 Å². The third kappa shape index (κ3) is 4.32. The van der Waals surface area contributed by atoms with Crippen LogP contribution in [0.1, 0.15) is 21.5 Å². The number of nitrogens with one attached hydrogen (secondary N) is 2. The predicted octanol–water partition coefficient (Wildman–Crippen LogP) is 2.68. The molecule has 0 aromatic heterocycles. The Kier molecular flexibility index (Phi) is 5.36. The highest BCUT2D eigenvalue weighted by Gasteiger charge is 2.13. The molecular weight excluding hydrogens is 292 g/mol. The molecule has 0 spiro atoms. The lowest BCUT2D eigenvalue weighted by Gasteiger charge is -2.11. The molecule has 0 atom stereocenters. The van der Waals surface area contributed by atoms with Crippen molar-refractivity contribution >= 4 is 17.5 Å². The molecule has 23 heavy (non-hydrogen) atoms. The maximum atomic E-state index is 12.1. The van der Waals surface area contributed by atoms with Crippen LogP contribution >= 0.6 is 0 Å². The fourth-order valence-electron chi connectivity index (χ4n) is 2.24. The van der Waals surface area contributed by atoms with Crippen LogP contribution in [0.4, 0.5) is 5.69 Å². The summed E-state index contributed by atoms with van der Waals surface area (Å²) < 4.78 is 5.13. The normalized spacial score (nSPS) is 10.0. The summed E-state index contributed by atoms with van der Waals surface area (Å²) in [6, 6.07) is 12.6. The number of aryl methyl sites for hydroxylation is 2. The average molecular weight is 312 g/mol. The average Bonchev–Trinajstić information content (AvgIpc) is 2.55. The van der Waals surface area contributed by atoms with Crippen LogP contribution in [0.3, 0.4) is 0 Å². The van der Waals surface area contributed by atoms with E-state index in [0.717, 1.165) is 16.8 Å². The van der Waals surface area contributed by atoms with Crippen LogP contribution < -0.4 is 15.4 Å². The molecule has 0 saturated heterocycles. The van der Waals surface area contributed by atoms with E-state index in [2.05, 4.69) is 10.6 Å². The Balaban J connectivity index is 1.95. The van der Waals surface area contributed by atoms with Crippen LogP contribution in [0.5, 0.6) is 5.75 Å². The van der Waals surface area contributed by atoms with E-state index in [0.29, 0.717) is 11.3 Å². The molecule has 2 amide bonds. The summed E-state index contributed by atoms with van der Waals surface area (Å²) in [6.45, 7) is 3.81. The third-order valence-corrected chi connectivity index (χ3v) is 3.42. The number of anilines is 1. The number of carbonyl (C=O) groups is 2. The molecule has 5 heteroatoms. The summed E-state index contributed by atoms with van der Waals surface area (Å²) in [4.78, 5) is 24.1. The van der Waals surface area contributed by atoms with Crippen molar-refractivity contribution in [1.29, 1.82) is 0 Å². The van der Waals surface area contributed by atoms with Gasteiger partial charge in [0, 0.05) is 5.69 Å². The minimum atomic E-state index is -0.349. The number of para-hydroxylation sites is 1. The van der Waals surface area contributed by atoms with Crippen LogP contribution in [-0.2, 0) is 4.79 Å². The highest BCUT2D eigenvalue weighted by Crippen LogP contribution is 2.17. The lowest BCUT2D eigenvalue weighted by atomic mass is 10.1. The summed E-state index contributed by atoms with van der Waals surface area (Å²) in [5.74, 6) is -0.154. The molecule has 2 aromatic carbocycles.